The van der Waals surface area contributed by atoms with E-state index in [-0.39, 0.29) is 53.6 Å². The molecule has 2 rings (SSSR count). The summed E-state index contributed by atoms with van der Waals surface area (Å²) in [5.41, 5.74) is 2.36. The second-order valence-electron chi connectivity index (χ2n) is 16.6. The Balaban J connectivity index is 1.84. The Morgan fingerprint density at radius 2 is 1.28 bits per heavy atom. The first-order valence-electron chi connectivity index (χ1n) is 16.9. The van der Waals surface area contributed by atoms with Crippen molar-refractivity contribution in [3.63, 3.8) is 0 Å². The topological polar surface area (TPSA) is 113 Å². The summed E-state index contributed by atoms with van der Waals surface area (Å²) in [5.74, 6) is -1.74. The monoisotopic (exact) mass is 637 g/mol. The molecule has 0 saturated heterocycles. The van der Waals surface area contributed by atoms with Crippen molar-refractivity contribution in [3.8, 4) is 0 Å². The molecule has 2 atom stereocenters. The first kappa shape index (κ1) is 38.9. The summed E-state index contributed by atoms with van der Waals surface area (Å²) >= 11 is 0. The Morgan fingerprint density at radius 1 is 0.761 bits per heavy atom. The number of ketones is 1. The highest BCUT2D eigenvalue weighted by Gasteiger charge is 2.46. The number of imide groups is 1. The molecule has 1 aliphatic rings. The number of anilines is 1. The van der Waals surface area contributed by atoms with E-state index in [9.17, 15) is 24.0 Å². The van der Waals surface area contributed by atoms with Gasteiger partial charge in [0.2, 0.25) is 11.8 Å². The molecular formula is C38H59N3O5. The lowest BCUT2D eigenvalue weighted by molar-refractivity contribution is -0.138. The molecule has 0 saturated carbocycles. The number of nitrogens with one attached hydrogen (secondary N) is 2. The molecule has 0 unspecified atom stereocenters. The minimum Gasteiger partial charge on any atom is -0.346 e. The minimum absolute atomic E-state index is 0.0239. The zero-order valence-corrected chi connectivity index (χ0v) is 30.5. The van der Waals surface area contributed by atoms with Gasteiger partial charge in [0.1, 0.15) is 0 Å². The van der Waals surface area contributed by atoms with Crippen LogP contribution in [0.5, 0.6) is 0 Å². The third kappa shape index (κ3) is 11.2. The Hall–Kier alpha value is -3.29. The number of carbonyl (C=O) groups excluding carboxylic acids is 5. The van der Waals surface area contributed by atoms with E-state index >= 15 is 0 Å². The van der Waals surface area contributed by atoms with E-state index < -0.39 is 22.8 Å². The number of carbonyl (C=O) groups is 5. The van der Waals surface area contributed by atoms with E-state index in [0.29, 0.717) is 42.6 Å². The lowest BCUT2D eigenvalue weighted by Crippen LogP contribution is -2.45. The molecule has 1 heterocycles. The fraction of sp³-hybridized carbons (Fsp3) is 0.658. The van der Waals surface area contributed by atoms with Gasteiger partial charge in [0, 0.05) is 42.1 Å². The molecule has 2 N–H and O–H groups in total. The van der Waals surface area contributed by atoms with Crippen LogP contribution in [0, 0.1) is 28.1 Å². The average Bonchev–Trinajstić information content (AvgIpc) is 3.17. The largest absolute Gasteiger partial charge is 0.346 e. The van der Waals surface area contributed by atoms with Gasteiger partial charge in [-0.3, -0.25) is 28.9 Å². The van der Waals surface area contributed by atoms with Crippen molar-refractivity contribution in [2.45, 2.75) is 128 Å². The molecule has 256 valence electrons. The number of benzene rings is 1. The number of Topliss-reactive ketones (excluding diaryl/α,β-unsaturated/α-hetero) is 1. The quantitative estimate of drug-likeness (QED) is 0.165. The molecule has 0 aromatic heterocycles. The Morgan fingerprint density at radius 3 is 1.74 bits per heavy atom. The number of nitrogens with zero attached hydrogens (tertiary/aromatic N) is 1. The van der Waals surface area contributed by atoms with E-state index in [2.05, 4.69) is 31.4 Å². The third-order valence-corrected chi connectivity index (χ3v) is 8.19. The highest BCUT2D eigenvalue weighted by atomic mass is 16.2. The summed E-state index contributed by atoms with van der Waals surface area (Å²) in [4.78, 5) is 66.6. The van der Waals surface area contributed by atoms with Crippen LogP contribution in [0.15, 0.2) is 35.4 Å². The molecule has 46 heavy (non-hydrogen) atoms. The first-order valence-corrected chi connectivity index (χ1v) is 16.9. The van der Waals surface area contributed by atoms with Crippen molar-refractivity contribution in [1.29, 1.82) is 0 Å². The van der Waals surface area contributed by atoms with Crippen LogP contribution < -0.4 is 10.6 Å². The lowest BCUT2D eigenvalue weighted by atomic mass is 9.76. The van der Waals surface area contributed by atoms with Gasteiger partial charge >= 0.3 is 0 Å². The molecule has 0 fully saturated rings. The van der Waals surface area contributed by atoms with Gasteiger partial charge in [-0.1, -0.05) is 102 Å². The van der Waals surface area contributed by atoms with Gasteiger partial charge in [-0.2, -0.15) is 0 Å². The predicted molar refractivity (Wildman–Crippen MR) is 185 cm³/mol. The van der Waals surface area contributed by atoms with E-state index in [4.69, 9.17) is 0 Å². The van der Waals surface area contributed by atoms with Crippen molar-refractivity contribution in [2.75, 3.05) is 11.9 Å². The van der Waals surface area contributed by atoms with Crippen molar-refractivity contribution >= 4 is 35.1 Å². The van der Waals surface area contributed by atoms with E-state index in [1.54, 1.807) is 6.92 Å². The van der Waals surface area contributed by atoms with Gasteiger partial charge in [-0.25, -0.2) is 0 Å². The van der Waals surface area contributed by atoms with Crippen molar-refractivity contribution in [2.24, 2.45) is 28.1 Å². The van der Waals surface area contributed by atoms with Gasteiger partial charge in [0.25, 0.3) is 11.8 Å². The summed E-state index contributed by atoms with van der Waals surface area (Å²) in [6, 6.07) is 7.10. The number of hydrogen-bond donors (Lipinski definition) is 2. The summed E-state index contributed by atoms with van der Waals surface area (Å²) in [5, 5.41) is 5.78. The maximum Gasteiger partial charge on any atom is 0.257 e. The highest BCUT2D eigenvalue weighted by Crippen LogP contribution is 2.42. The molecule has 1 aromatic rings. The zero-order chi connectivity index (χ0) is 35.2. The summed E-state index contributed by atoms with van der Waals surface area (Å²) in [7, 11) is 0. The Bertz CT molecular complexity index is 1270. The van der Waals surface area contributed by atoms with Crippen molar-refractivity contribution < 1.29 is 24.0 Å². The van der Waals surface area contributed by atoms with Crippen LogP contribution in [0.2, 0.25) is 0 Å². The molecule has 1 aliphatic heterocycles. The molecule has 4 amide bonds. The van der Waals surface area contributed by atoms with Gasteiger partial charge in [0.05, 0.1) is 6.04 Å². The fourth-order valence-corrected chi connectivity index (χ4v) is 5.87. The SMILES string of the molecule is CC(C)[C@H](NC(=O)CCCCCN1C(=O)C(C(C)(C)C)=C(C(C)(C)C)C1=O)C(=O)C[C@@H](C)C(=O)Nc1ccc(CC(C)(C)C)cc1. The molecule has 0 aliphatic carbocycles. The standard InChI is InChI=1S/C38H59N3O5/c1-24(2)32(28(42)22-25(3)33(44)39-27-19-17-26(18-20-27)23-36(4,5)6)40-29(43)16-14-13-15-21-41-34(45)30(37(7,8)9)31(35(41)46)38(10,11)12/h17-20,24-25,32H,13-16,21-23H2,1-12H3,(H,39,44)(H,40,43)/t25-,32+/m1/s1. The molecular weight excluding hydrogens is 578 g/mol. The molecule has 0 spiro atoms. The van der Waals surface area contributed by atoms with Gasteiger partial charge in [0.15, 0.2) is 5.78 Å². The van der Waals surface area contributed by atoms with Crippen molar-refractivity contribution in [3.05, 3.63) is 41.0 Å². The van der Waals surface area contributed by atoms with Gasteiger partial charge in [-0.15, -0.1) is 0 Å². The molecule has 1 aromatic carbocycles. The van der Waals surface area contributed by atoms with Gasteiger partial charge < -0.3 is 10.6 Å². The predicted octanol–water partition coefficient (Wildman–Crippen LogP) is 7.27. The maximum atomic E-state index is 13.2. The Kier molecular flexibility index (Phi) is 13.1. The first-order chi connectivity index (χ1) is 21.0. The second-order valence-corrected chi connectivity index (χ2v) is 16.6. The van der Waals surface area contributed by atoms with Crippen LogP contribution in [0.4, 0.5) is 5.69 Å². The summed E-state index contributed by atoms with van der Waals surface area (Å²) in [6.45, 7) is 24.1. The van der Waals surface area contributed by atoms with Crippen molar-refractivity contribution in [1.82, 2.24) is 10.2 Å². The number of unbranched alkanes of at least 4 members (excludes halogenated alkanes) is 2. The molecule has 8 heteroatoms. The van der Waals surface area contributed by atoms with Crippen LogP contribution in [-0.4, -0.2) is 46.9 Å². The normalized spacial score (nSPS) is 15.8. The number of rotatable bonds is 14. The van der Waals surface area contributed by atoms with Crippen LogP contribution in [-0.2, 0) is 30.4 Å². The van der Waals surface area contributed by atoms with E-state index in [1.807, 2.05) is 79.7 Å². The summed E-state index contributed by atoms with van der Waals surface area (Å²) < 4.78 is 0. The molecule has 0 radical (unpaired) electrons. The molecule has 8 nitrogen and oxygen atoms in total. The van der Waals surface area contributed by atoms with E-state index in [1.165, 1.54) is 10.5 Å². The van der Waals surface area contributed by atoms with Crippen LogP contribution in [0.25, 0.3) is 0 Å². The van der Waals surface area contributed by atoms with Gasteiger partial charge in [-0.05, 0) is 59.1 Å². The molecule has 0 bridgehead atoms. The highest BCUT2D eigenvalue weighted by molar-refractivity contribution is 6.20. The van der Waals surface area contributed by atoms with Crippen LogP contribution >= 0.6 is 0 Å². The third-order valence-electron chi connectivity index (χ3n) is 8.19. The van der Waals surface area contributed by atoms with E-state index in [0.717, 1.165) is 6.42 Å². The average molecular weight is 638 g/mol. The maximum absolute atomic E-state index is 13.2. The zero-order valence-electron chi connectivity index (χ0n) is 30.5. The van der Waals surface area contributed by atoms with Crippen LogP contribution in [0.1, 0.15) is 121 Å². The second kappa shape index (κ2) is 15.5. The van der Waals surface area contributed by atoms with Crippen LogP contribution in [0.3, 0.4) is 0 Å². The number of hydrogen-bond acceptors (Lipinski definition) is 5. The summed E-state index contributed by atoms with van der Waals surface area (Å²) in [6.07, 6.45) is 3.02. The lowest BCUT2D eigenvalue weighted by Gasteiger charge is -2.25. The smallest absolute Gasteiger partial charge is 0.257 e. The number of amides is 4. The fourth-order valence-electron chi connectivity index (χ4n) is 5.87. The minimum atomic E-state index is -0.683. The Labute approximate surface area is 277 Å².